The third kappa shape index (κ3) is 1.44. The summed E-state index contributed by atoms with van der Waals surface area (Å²) < 4.78 is 0. The summed E-state index contributed by atoms with van der Waals surface area (Å²) >= 11 is 0. The summed E-state index contributed by atoms with van der Waals surface area (Å²) in [6.45, 7) is 2.30. The van der Waals surface area contributed by atoms with Gasteiger partial charge in [0.05, 0.1) is 0 Å². The molecule has 0 radical (unpaired) electrons. The SMILES string of the molecule is CC1CCCC1Nc1ncc[nH]1. The van der Waals surface area contributed by atoms with Crippen LogP contribution in [-0.4, -0.2) is 16.0 Å². The number of nitrogens with one attached hydrogen (secondary N) is 2. The van der Waals surface area contributed by atoms with Gasteiger partial charge in [-0.15, -0.1) is 0 Å². The molecule has 2 N–H and O–H groups in total. The Labute approximate surface area is 72.6 Å². The van der Waals surface area contributed by atoms with Crippen LogP contribution in [0.5, 0.6) is 0 Å². The second-order valence-electron chi connectivity index (χ2n) is 3.60. The topological polar surface area (TPSA) is 40.7 Å². The summed E-state index contributed by atoms with van der Waals surface area (Å²) in [5, 5.41) is 3.40. The van der Waals surface area contributed by atoms with Crippen molar-refractivity contribution < 1.29 is 0 Å². The van der Waals surface area contributed by atoms with Gasteiger partial charge in [-0.3, -0.25) is 0 Å². The monoisotopic (exact) mass is 165 g/mol. The van der Waals surface area contributed by atoms with Crippen LogP contribution in [0.25, 0.3) is 0 Å². The van der Waals surface area contributed by atoms with Crippen LogP contribution in [0, 0.1) is 5.92 Å². The Morgan fingerprint density at radius 2 is 2.50 bits per heavy atom. The molecule has 2 atom stereocenters. The zero-order valence-electron chi connectivity index (χ0n) is 7.38. The minimum Gasteiger partial charge on any atom is -0.353 e. The van der Waals surface area contributed by atoms with Crippen molar-refractivity contribution in [1.29, 1.82) is 0 Å². The normalized spacial score (nSPS) is 29.1. The van der Waals surface area contributed by atoms with E-state index in [0.717, 1.165) is 11.9 Å². The fourth-order valence-corrected chi connectivity index (χ4v) is 1.88. The van der Waals surface area contributed by atoms with Crippen molar-refractivity contribution in [2.45, 2.75) is 32.2 Å². The molecule has 2 unspecified atom stereocenters. The Morgan fingerprint density at radius 1 is 1.58 bits per heavy atom. The highest BCUT2D eigenvalue weighted by Crippen LogP contribution is 2.26. The quantitative estimate of drug-likeness (QED) is 0.703. The Morgan fingerprint density at radius 3 is 3.08 bits per heavy atom. The van der Waals surface area contributed by atoms with Gasteiger partial charge in [-0.25, -0.2) is 4.98 Å². The summed E-state index contributed by atoms with van der Waals surface area (Å²) in [4.78, 5) is 7.21. The molecule has 1 aliphatic carbocycles. The van der Waals surface area contributed by atoms with Gasteiger partial charge in [-0.05, 0) is 18.8 Å². The molecule has 3 heteroatoms. The van der Waals surface area contributed by atoms with E-state index in [9.17, 15) is 0 Å². The van der Waals surface area contributed by atoms with Crippen molar-refractivity contribution in [2.24, 2.45) is 5.92 Å². The van der Waals surface area contributed by atoms with Crippen molar-refractivity contribution >= 4 is 5.95 Å². The summed E-state index contributed by atoms with van der Waals surface area (Å²) in [6, 6.07) is 0.621. The van der Waals surface area contributed by atoms with Gasteiger partial charge in [0, 0.05) is 18.4 Å². The van der Waals surface area contributed by atoms with E-state index in [-0.39, 0.29) is 0 Å². The second-order valence-corrected chi connectivity index (χ2v) is 3.60. The molecule has 1 aromatic heterocycles. The molecule has 12 heavy (non-hydrogen) atoms. The first-order valence-electron chi connectivity index (χ1n) is 4.62. The number of nitrogens with zero attached hydrogens (tertiary/aromatic N) is 1. The van der Waals surface area contributed by atoms with E-state index in [1.165, 1.54) is 19.3 Å². The highest BCUT2D eigenvalue weighted by Gasteiger charge is 2.23. The lowest BCUT2D eigenvalue weighted by molar-refractivity contribution is 0.553. The largest absolute Gasteiger partial charge is 0.353 e. The fourth-order valence-electron chi connectivity index (χ4n) is 1.88. The maximum absolute atomic E-state index is 4.15. The predicted octanol–water partition coefficient (Wildman–Crippen LogP) is 2.01. The van der Waals surface area contributed by atoms with Crippen LogP contribution in [-0.2, 0) is 0 Å². The van der Waals surface area contributed by atoms with Crippen molar-refractivity contribution in [3.05, 3.63) is 12.4 Å². The van der Waals surface area contributed by atoms with Crippen molar-refractivity contribution in [3.63, 3.8) is 0 Å². The highest BCUT2D eigenvalue weighted by molar-refractivity contribution is 5.25. The standard InChI is InChI=1S/C9H15N3/c1-7-3-2-4-8(7)12-9-10-5-6-11-9/h5-8H,2-4H2,1H3,(H2,10,11,12). The Kier molecular flexibility index (Phi) is 2.02. The molecule has 0 saturated heterocycles. The third-order valence-corrected chi connectivity index (χ3v) is 2.68. The van der Waals surface area contributed by atoms with Gasteiger partial charge in [0.25, 0.3) is 0 Å². The van der Waals surface area contributed by atoms with Crippen molar-refractivity contribution in [2.75, 3.05) is 5.32 Å². The van der Waals surface area contributed by atoms with Crippen LogP contribution in [0.3, 0.4) is 0 Å². The van der Waals surface area contributed by atoms with E-state index >= 15 is 0 Å². The van der Waals surface area contributed by atoms with Crippen LogP contribution in [0.4, 0.5) is 5.95 Å². The van der Waals surface area contributed by atoms with Crippen molar-refractivity contribution in [1.82, 2.24) is 9.97 Å². The fraction of sp³-hybridized carbons (Fsp3) is 0.667. The Hall–Kier alpha value is -0.990. The average Bonchev–Trinajstić information content (AvgIpc) is 2.65. The zero-order valence-corrected chi connectivity index (χ0v) is 7.38. The molecular formula is C9H15N3. The minimum atomic E-state index is 0.621. The third-order valence-electron chi connectivity index (χ3n) is 2.68. The van der Waals surface area contributed by atoms with E-state index in [4.69, 9.17) is 0 Å². The molecule has 0 aromatic carbocycles. The number of H-pyrrole nitrogens is 1. The Balaban J connectivity index is 1.95. The molecule has 1 fully saturated rings. The van der Waals surface area contributed by atoms with E-state index < -0.39 is 0 Å². The van der Waals surface area contributed by atoms with Crippen molar-refractivity contribution in [3.8, 4) is 0 Å². The molecule has 0 bridgehead atoms. The zero-order chi connectivity index (χ0) is 8.39. The van der Waals surface area contributed by atoms with Gasteiger partial charge in [-0.2, -0.15) is 0 Å². The Bertz CT molecular complexity index is 230. The van der Waals surface area contributed by atoms with Gasteiger partial charge in [0.2, 0.25) is 0 Å². The minimum absolute atomic E-state index is 0.621. The first kappa shape index (κ1) is 7.65. The number of anilines is 1. The predicted molar refractivity (Wildman–Crippen MR) is 49.0 cm³/mol. The van der Waals surface area contributed by atoms with Gasteiger partial charge in [0.15, 0.2) is 5.95 Å². The molecule has 66 valence electrons. The molecule has 1 aliphatic rings. The number of aromatic amines is 1. The number of imidazole rings is 1. The van der Waals surface area contributed by atoms with Gasteiger partial charge >= 0.3 is 0 Å². The van der Waals surface area contributed by atoms with Crippen LogP contribution >= 0.6 is 0 Å². The molecule has 0 amide bonds. The van der Waals surface area contributed by atoms with Crippen LogP contribution in [0.15, 0.2) is 12.4 Å². The molecule has 0 spiro atoms. The summed E-state index contributed by atoms with van der Waals surface area (Å²) in [5.74, 6) is 1.70. The van der Waals surface area contributed by atoms with Crippen LogP contribution in [0.2, 0.25) is 0 Å². The van der Waals surface area contributed by atoms with E-state index in [2.05, 4.69) is 22.2 Å². The first-order valence-corrected chi connectivity index (χ1v) is 4.62. The van der Waals surface area contributed by atoms with Crippen LogP contribution in [0.1, 0.15) is 26.2 Å². The summed E-state index contributed by atoms with van der Waals surface area (Å²) in [6.07, 6.45) is 7.60. The van der Waals surface area contributed by atoms with Gasteiger partial charge in [-0.1, -0.05) is 13.3 Å². The summed E-state index contributed by atoms with van der Waals surface area (Å²) in [5.41, 5.74) is 0. The van der Waals surface area contributed by atoms with E-state index in [0.29, 0.717) is 6.04 Å². The number of aromatic nitrogens is 2. The van der Waals surface area contributed by atoms with Gasteiger partial charge < -0.3 is 10.3 Å². The number of hydrogen-bond acceptors (Lipinski definition) is 2. The molecule has 1 saturated carbocycles. The molecule has 3 nitrogen and oxygen atoms in total. The van der Waals surface area contributed by atoms with Gasteiger partial charge in [0.1, 0.15) is 0 Å². The number of rotatable bonds is 2. The first-order chi connectivity index (χ1) is 5.86. The highest BCUT2D eigenvalue weighted by atomic mass is 15.1. The molecule has 1 aromatic rings. The molecule has 2 rings (SSSR count). The lowest BCUT2D eigenvalue weighted by Crippen LogP contribution is -2.22. The second kappa shape index (κ2) is 3.17. The van der Waals surface area contributed by atoms with Crippen LogP contribution < -0.4 is 5.32 Å². The number of hydrogen-bond donors (Lipinski definition) is 2. The molecular weight excluding hydrogens is 150 g/mol. The lowest BCUT2D eigenvalue weighted by Gasteiger charge is -2.15. The summed E-state index contributed by atoms with van der Waals surface area (Å²) in [7, 11) is 0. The lowest BCUT2D eigenvalue weighted by atomic mass is 10.1. The molecule has 1 heterocycles. The maximum Gasteiger partial charge on any atom is 0.200 e. The maximum atomic E-state index is 4.15. The van der Waals surface area contributed by atoms with E-state index in [1.54, 1.807) is 6.20 Å². The van der Waals surface area contributed by atoms with E-state index in [1.807, 2.05) is 6.20 Å². The average molecular weight is 165 g/mol. The molecule has 0 aliphatic heterocycles. The smallest absolute Gasteiger partial charge is 0.200 e.